The number of hydrogen-bond donors (Lipinski definition) is 0. The van der Waals surface area contributed by atoms with Crippen LogP contribution in [-0.4, -0.2) is 0 Å². The zero-order valence-corrected chi connectivity index (χ0v) is 37.4. The minimum Gasteiger partial charge on any atom is -0.310 e. The summed E-state index contributed by atoms with van der Waals surface area (Å²) in [6.45, 7) is 4.76. The highest BCUT2D eigenvalue weighted by Gasteiger charge is 2.36. The third kappa shape index (κ3) is 7.64. The summed E-state index contributed by atoms with van der Waals surface area (Å²) in [5.41, 5.74) is 20.5. The summed E-state index contributed by atoms with van der Waals surface area (Å²) in [7, 11) is 0. The third-order valence-electron chi connectivity index (χ3n) is 14.0. The standard InChI is InChI=1S/C63H54N2/c1-63(2)60-34-19-18-31-58(60)59-40-39-53(44-61(59)63)65(52-37-35-46(36-38-52)45-21-8-3-9-22-45)55-42-49(41-54(43-55)64(50-27-14-6-15-28-50)51-29-16-7-17-30-51)62-56(47-23-10-4-11-24-47)32-20-33-57(62)48-25-12-5-13-26-48/h4-7,10-20,23-45H,3,8-9,21-22H2,1-2H3. The van der Waals surface area contributed by atoms with Crippen LogP contribution in [0.4, 0.5) is 34.1 Å². The molecule has 0 saturated heterocycles. The molecule has 2 heteroatoms. The molecule has 316 valence electrons. The van der Waals surface area contributed by atoms with Crippen LogP contribution in [0.2, 0.25) is 0 Å². The molecule has 9 aromatic rings. The van der Waals surface area contributed by atoms with Crippen LogP contribution in [-0.2, 0) is 5.41 Å². The first kappa shape index (κ1) is 40.4. The second-order valence-electron chi connectivity index (χ2n) is 18.4. The number of para-hydroxylation sites is 2. The van der Waals surface area contributed by atoms with E-state index in [1.807, 2.05) is 0 Å². The lowest BCUT2D eigenvalue weighted by atomic mass is 9.82. The summed E-state index contributed by atoms with van der Waals surface area (Å²) in [4.78, 5) is 4.92. The first-order valence-corrected chi connectivity index (χ1v) is 23.5. The van der Waals surface area contributed by atoms with Gasteiger partial charge in [0.05, 0.1) is 0 Å². The van der Waals surface area contributed by atoms with Gasteiger partial charge in [0.15, 0.2) is 0 Å². The lowest BCUT2D eigenvalue weighted by Crippen LogP contribution is -2.17. The Morgan fingerprint density at radius 2 is 0.800 bits per heavy atom. The Labute approximate surface area is 385 Å². The predicted molar refractivity (Wildman–Crippen MR) is 276 cm³/mol. The van der Waals surface area contributed by atoms with Crippen molar-refractivity contribution in [3.63, 3.8) is 0 Å². The molecule has 0 radical (unpaired) electrons. The van der Waals surface area contributed by atoms with E-state index in [9.17, 15) is 0 Å². The Bertz CT molecular complexity index is 2980. The third-order valence-corrected chi connectivity index (χ3v) is 14.0. The summed E-state index contributed by atoms with van der Waals surface area (Å²) >= 11 is 0. The van der Waals surface area contributed by atoms with E-state index in [2.05, 4.69) is 248 Å². The molecule has 1 fully saturated rings. The fourth-order valence-corrected chi connectivity index (χ4v) is 10.8. The van der Waals surface area contributed by atoms with Crippen molar-refractivity contribution >= 4 is 34.1 Å². The zero-order valence-electron chi connectivity index (χ0n) is 37.4. The van der Waals surface area contributed by atoms with Crippen molar-refractivity contribution in [2.45, 2.75) is 57.3 Å². The zero-order chi connectivity index (χ0) is 43.7. The minimum atomic E-state index is -0.151. The van der Waals surface area contributed by atoms with E-state index >= 15 is 0 Å². The molecule has 11 rings (SSSR count). The van der Waals surface area contributed by atoms with Gasteiger partial charge >= 0.3 is 0 Å². The predicted octanol–water partition coefficient (Wildman–Crippen LogP) is 18.0. The van der Waals surface area contributed by atoms with Crippen molar-refractivity contribution in [2.24, 2.45) is 0 Å². The summed E-state index contributed by atoms with van der Waals surface area (Å²) in [6.07, 6.45) is 6.52. The average Bonchev–Trinajstić information content (AvgIpc) is 3.60. The molecule has 0 spiro atoms. The Morgan fingerprint density at radius 3 is 1.38 bits per heavy atom. The molecule has 0 aliphatic heterocycles. The molecule has 0 N–H and O–H groups in total. The molecule has 9 aromatic carbocycles. The van der Waals surface area contributed by atoms with Crippen molar-refractivity contribution in [3.8, 4) is 44.5 Å². The average molecular weight is 839 g/mol. The lowest BCUT2D eigenvalue weighted by molar-refractivity contribution is 0.443. The second kappa shape index (κ2) is 17.3. The van der Waals surface area contributed by atoms with Crippen molar-refractivity contribution in [1.82, 2.24) is 0 Å². The highest BCUT2D eigenvalue weighted by atomic mass is 15.2. The molecule has 0 bridgehead atoms. The maximum absolute atomic E-state index is 2.51. The summed E-state index contributed by atoms with van der Waals surface area (Å²) in [6, 6.07) is 83.1. The normalized spacial score (nSPS) is 14.1. The van der Waals surface area contributed by atoms with Gasteiger partial charge in [0.25, 0.3) is 0 Å². The van der Waals surface area contributed by atoms with E-state index in [1.54, 1.807) is 0 Å². The van der Waals surface area contributed by atoms with Crippen LogP contribution in [0.1, 0.15) is 68.6 Å². The van der Waals surface area contributed by atoms with Crippen LogP contribution in [0.15, 0.2) is 224 Å². The van der Waals surface area contributed by atoms with E-state index in [-0.39, 0.29) is 5.41 Å². The summed E-state index contributed by atoms with van der Waals surface area (Å²) in [5, 5.41) is 0. The fraction of sp³-hybridized carbons (Fsp3) is 0.143. The highest BCUT2D eigenvalue weighted by Crippen LogP contribution is 2.52. The molecular formula is C63H54N2. The SMILES string of the molecule is CC1(C)c2ccccc2-c2ccc(N(c3ccc(C4CCCCC4)cc3)c3cc(-c4c(-c5ccccc5)cccc4-c4ccccc4)cc(N(c4ccccc4)c4ccccc4)c3)cc21. The first-order chi connectivity index (χ1) is 32.0. The van der Waals surface area contributed by atoms with Gasteiger partial charge in [0.1, 0.15) is 0 Å². The molecule has 2 aliphatic rings. The molecule has 0 heterocycles. The van der Waals surface area contributed by atoms with E-state index in [4.69, 9.17) is 0 Å². The minimum absolute atomic E-state index is 0.151. The molecule has 2 nitrogen and oxygen atoms in total. The van der Waals surface area contributed by atoms with Gasteiger partial charge in [-0.25, -0.2) is 0 Å². The van der Waals surface area contributed by atoms with Crippen molar-refractivity contribution in [3.05, 3.63) is 241 Å². The van der Waals surface area contributed by atoms with Crippen molar-refractivity contribution in [1.29, 1.82) is 0 Å². The van der Waals surface area contributed by atoms with Crippen LogP contribution in [0.3, 0.4) is 0 Å². The summed E-state index contributed by atoms with van der Waals surface area (Å²) < 4.78 is 0. The van der Waals surface area contributed by atoms with Crippen LogP contribution >= 0.6 is 0 Å². The maximum Gasteiger partial charge on any atom is 0.0488 e. The summed E-state index contributed by atoms with van der Waals surface area (Å²) in [5.74, 6) is 0.622. The Hall–Kier alpha value is -7.42. The van der Waals surface area contributed by atoms with Gasteiger partial charge in [-0.15, -0.1) is 0 Å². The molecule has 2 aliphatic carbocycles. The second-order valence-corrected chi connectivity index (χ2v) is 18.4. The number of nitrogens with zero attached hydrogens (tertiary/aromatic N) is 2. The molecule has 0 aromatic heterocycles. The van der Waals surface area contributed by atoms with Crippen LogP contribution < -0.4 is 9.80 Å². The number of rotatable bonds is 10. The van der Waals surface area contributed by atoms with Gasteiger partial charge in [0, 0.05) is 39.5 Å². The Morgan fingerprint density at radius 1 is 0.338 bits per heavy atom. The molecule has 0 amide bonds. The van der Waals surface area contributed by atoms with Crippen molar-refractivity contribution in [2.75, 3.05) is 9.80 Å². The lowest BCUT2D eigenvalue weighted by Gasteiger charge is -2.32. The number of anilines is 6. The smallest absolute Gasteiger partial charge is 0.0488 e. The van der Waals surface area contributed by atoms with Gasteiger partial charge < -0.3 is 9.80 Å². The van der Waals surface area contributed by atoms with E-state index in [0.29, 0.717) is 5.92 Å². The quantitative estimate of drug-likeness (QED) is 0.135. The van der Waals surface area contributed by atoms with Crippen LogP contribution in [0.5, 0.6) is 0 Å². The topological polar surface area (TPSA) is 6.48 Å². The first-order valence-electron chi connectivity index (χ1n) is 23.5. The molecule has 65 heavy (non-hydrogen) atoms. The largest absolute Gasteiger partial charge is 0.310 e. The van der Waals surface area contributed by atoms with Crippen LogP contribution in [0, 0.1) is 0 Å². The van der Waals surface area contributed by atoms with Crippen molar-refractivity contribution < 1.29 is 0 Å². The molecule has 0 atom stereocenters. The Kier molecular flexibility index (Phi) is 10.7. The molecule has 1 saturated carbocycles. The van der Waals surface area contributed by atoms with Gasteiger partial charge in [-0.2, -0.15) is 0 Å². The maximum atomic E-state index is 2.51. The molecular weight excluding hydrogens is 785 g/mol. The highest BCUT2D eigenvalue weighted by molar-refractivity contribution is 5.98. The van der Waals surface area contributed by atoms with E-state index < -0.39 is 0 Å². The number of benzene rings is 9. The van der Waals surface area contributed by atoms with E-state index in [0.717, 1.165) is 39.7 Å². The van der Waals surface area contributed by atoms with E-state index in [1.165, 1.54) is 87.7 Å². The van der Waals surface area contributed by atoms with Gasteiger partial charge in [-0.05, 0) is 147 Å². The van der Waals surface area contributed by atoms with Gasteiger partial charge in [-0.3, -0.25) is 0 Å². The van der Waals surface area contributed by atoms with Gasteiger partial charge in [0.2, 0.25) is 0 Å². The monoisotopic (exact) mass is 838 g/mol. The number of hydrogen-bond acceptors (Lipinski definition) is 2. The fourth-order valence-electron chi connectivity index (χ4n) is 10.8. The van der Waals surface area contributed by atoms with Crippen LogP contribution in [0.25, 0.3) is 44.5 Å². The molecule has 0 unspecified atom stereocenters. The number of fused-ring (bicyclic) bond motifs is 3. The van der Waals surface area contributed by atoms with Gasteiger partial charge in [-0.1, -0.05) is 191 Å². The Balaban J connectivity index is 1.20.